The molecule has 1 nitrogen and oxygen atoms in total. The van der Waals surface area contributed by atoms with Gasteiger partial charge in [0.05, 0.1) is 6.61 Å². The van der Waals surface area contributed by atoms with Crippen molar-refractivity contribution in [2.45, 2.75) is 25.7 Å². The third-order valence-corrected chi connectivity index (χ3v) is 3.55. The Bertz CT molecular complexity index is 565. The molecule has 1 unspecified atom stereocenters. The number of aliphatic hydroxyl groups excluding tert-OH is 1. The summed E-state index contributed by atoms with van der Waals surface area (Å²) in [4.78, 5) is 0. The molecule has 2 aromatic rings. The fraction of sp³-hybridized carbons (Fsp3) is 0.294. The van der Waals surface area contributed by atoms with Crippen LogP contribution in [0.5, 0.6) is 0 Å². The van der Waals surface area contributed by atoms with Gasteiger partial charge in [0.25, 0.3) is 0 Å². The van der Waals surface area contributed by atoms with E-state index in [1.807, 2.05) is 38.1 Å². The predicted octanol–water partition coefficient (Wildman–Crippen LogP) is 3.63. The van der Waals surface area contributed by atoms with Gasteiger partial charge in [-0.2, -0.15) is 0 Å². The van der Waals surface area contributed by atoms with Crippen LogP contribution in [0.4, 0.5) is 4.39 Å². The Hall–Kier alpha value is -1.67. The highest BCUT2D eigenvalue weighted by Crippen LogP contribution is 2.28. The number of aryl methyl sites for hydroxylation is 1. The number of halogens is 1. The molecular weight excluding hydrogens is 239 g/mol. The molecule has 0 spiro atoms. The van der Waals surface area contributed by atoms with E-state index in [4.69, 9.17) is 0 Å². The van der Waals surface area contributed by atoms with Crippen LogP contribution in [0.25, 0.3) is 0 Å². The molecule has 0 fully saturated rings. The van der Waals surface area contributed by atoms with Crippen molar-refractivity contribution < 1.29 is 9.50 Å². The predicted molar refractivity (Wildman–Crippen MR) is 75.7 cm³/mol. The van der Waals surface area contributed by atoms with Crippen molar-refractivity contribution in [1.29, 1.82) is 0 Å². The molecule has 2 rings (SSSR count). The average Bonchev–Trinajstić information content (AvgIpc) is 2.38. The van der Waals surface area contributed by atoms with Crippen LogP contribution < -0.4 is 0 Å². The fourth-order valence-electron chi connectivity index (χ4n) is 2.39. The number of hydrogen-bond acceptors (Lipinski definition) is 1. The van der Waals surface area contributed by atoms with E-state index in [0.717, 1.165) is 11.1 Å². The number of hydrogen-bond donors (Lipinski definition) is 1. The molecule has 0 radical (unpaired) electrons. The summed E-state index contributed by atoms with van der Waals surface area (Å²) >= 11 is 0. The Kier molecular flexibility index (Phi) is 4.01. The highest BCUT2D eigenvalue weighted by atomic mass is 19.1. The van der Waals surface area contributed by atoms with E-state index in [1.54, 1.807) is 6.07 Å². The Balaban J connectivity index is 2.32. The zero-order valence-electron chi connectivity index (χ0n) is 11.4. The molecule has 0 saturated heterocycles. The van der Waals surface area contributed by atoms with Gasteiger partial charge in [-0.3, -0.25) is 0 Å². The summed E-state index contributed by atoms with van der Waals surface area (Å²) in [5.41, 5.74) is 2.71. The first-order chi connectivity index (χ1) is 9.03. The Morgan fingerprint density at radius 1 is 1.11 bits per heavy atom. The lowest BCUT2D eigenvalue weighted by molar-refractivity contribution is 0.204. The van der Waals surface area contributed by atoms with Gasteiger partial charge in [0.1, 0.15) is 5.82 Å². The smallest absolute Gasteiger partial charge is 0.123 e. The topological polar surface area (TPSA) is 20.2 Å². The SMILES string of the molecule is Cc1cccc(CC(C)(CO)c2cccc(F)c2)c1. The quantitative estimate of drug-likeness (QED) is 0.888. The standard InChI is InChI=1S/C17H19FO/c1-13-5-3-6-14(9-13)11-17(2,12-19)15-7-4-8-16(18)10-15/h3-10,19H,11-12H2,1-2H3. The fourth-order valence-corrected chi connectivity index (χ4v) is 2.39. The molecule has 0 amide bonds. The van der Waals surface area contributed by atoms with Gasteiger partial charge in [0.2, 0.25) is 0 Å². The first kappa shape index (κ1) is 13.8. The van der Waals surface area contributed by atoms with Crippen LogP contribution in [0.2, 0.25) is 0 Å². The van der Waals surface area contributed by atoms with Crippen molar-refractivity contribution in [3.8, 4) is 0 Å². The molecule has 0 aliphatic rings. The number of rotatable bonds is 4. The average molecular weight is 258 g/mol. The van der Waals surface area contributed by atoms with Gasteiger partial charge in [0, 0.05) is 5.41 Å². The van der Waals surface area contributed by atoms with Crippen molar-refractivity contribution in [1.82, 2.24) is 0 Å². The molecule has 2 aromatic carbocycles. The molecule has 0 heterocycles. The van der Waals surface area contributed by atoms with Gasteiger partial charge in [0.15, 0.2) is 0 Å². The maximum atomic E-state index is 13.4. The van der Waals surface area contributed by atoms with Crippen LogP contribution in [0.3, 0.4) is 0 Å². The molecule has 0 aliphatic carbocycles. The summed E-state index contributed by atoms with van der Waals surface area (Å²) in [5, 5.41) is 9.74. The minimum atomic E-state index is -0.462. The van der Waals surface area contributed by atoms with E-state index in [2.05, 4.69) is 6.07 Å². The molecule has 0 bridgehead atoms. The Labute approximate surface area is 113 Å². The minimum absolute atomic E-state index is 0.00953. The van der Waals surface area contributed by atoms with Crippen LogP contribution in [0, 0.1) is 12.7 Å². The lowest BCUT2D eigenvalue weighted by Gasteiger charge is -2.28. The van der Waals surface area contributed by atoms with Crippen LogP contribution >= 0.6 is 0 Å². The largest absolute Gasteiger partial charge is 0.395 e. The highest BCUT2D eigenvalue weighted by molar-refractivity contribution is 5.31. The summed E-state index contributed by atoms with van der Waals surface area (Å²) in [6.07, 6.45) is 0.689. The Morgan fingerprint density at radius 2 is 1.84 bits per heavy atom. The van der Waals surface area contributed by atoms with Gasteiger partial charge in [-0.15, -0.1) is 0 Å². The second-order valence-corrected chi connectivity index (χ2v) is 5.39. The molecule has 1 atom stereocenters. The molecule has 0 aliphatic heterocycles. The summed E-state index contributed by atoms with van der Waals surface area (Å²) in [7, 11) is 0. The zero-order valence-corrected chi connectivity index (χ0v) is 11.4. The summed E-state index contributed by atoms with van der Waals surface area (Å²) in [5.74, 6) is -0.263. The third-order valence-electron chi connectivity index (χ3n) is 3.55. The second-order valence-electron chi connectivity index (χ2n) is 5.39. The van der Waals surface area contributed by atoms with Gasteiger partial charge < -0.3 is 5.11 Å². The summed E-state index contributed by atoms with van der Waals surface area (Å²) < 4.78 is 13.4. The first-order valence-electron chi connectivity index (χ1n) is 6.46. The molecule has 0 saturated carbocycles. The first-order valence-corrected chi connectivity index (χ1v) is 6.46. The van der Waals surface area contributed by atoms with Crippen molar-refractivity contribution in [3.05, 3.63) is 71.0 Å². The van der Waals surface area contributed by atoms with Crippen LogP contribution in [0.1, 0.15) is 23.6 Å². The van der Waals surface area contributed by atoms with Gasteiger partial charge in [-0.1, -0.05) is 48.9 Å². The number of aliphatic hydroxyl groups is 1. The summed E-state index contributed by atoms with van der Waals surface area (Å²) in [6.45, 7) is 4.00. The van der Waals surface area contributed by atoms with Crippen LogP contribution in [-0.2, 0) is 11.8 Å². The Morgan fingerprint density at radius 3 is 2.47 bits per heavy atom. The van der Waals surface area contributed by atoms with E-state index in [9.17, 15) is 9.50 Å². The van der Waals surface area contributed by atoms with E-state index >= 15 is 0 Å². The van der Waals surface area contributed by atoms with Crippen LogP contribution in [-0.4, -0.2) is 11.7 Å². The highest BCUT2D eigenvalue weighted by Gasteiger charge is 2.26. The van der Waals surface area contributed by atoms with E-state index in [1.165, 1.54) is 17.7 Å². The normalized spacial score (nSPS) is 14.1. The second kappa shape index (κ2) is 5.54. The van der Waals surface area contributed by atoms with E-state index in [-0.39, 0.29) is 12.4 Å². The van der Waals surface area contributed by atoms with E-state index < -0.39 is 5.41 Å². The monoisotopic (exact) mass is 258 g/mol. The molecule has 100 valence electrons. The molecular formula is C17H19FO. The molecule has 2 heteroatoms. The van der Waals surface area contributed by atoms with Crippen LogP contribution in [0.15, 0.2) is 48.5 Å². The van der Waals surface area contributed by atoms with Crippen molar-refractivity contribution in [2.24, 2.45) is 0 Å². The lowest BCUT2D eigenvalue weighted by atomic mass is 9.78. The van der Waals surface area contributed by atoms with Crippen molar-refractivity contribution in [2.75, 3.05) is 6.61 Å². The summed E-state index contributed by atoms with van der Waals surface area (Å²) in [6, 6.07) is 14.7. The van der Waals surface area contributed by atoms with Gasteiger partial charge in [-0.05, 0) is 36.6 Å². The number of benzene rings is 2. The maximum Gasteiger partial charge on any atom is 0.123 e. The lowest BCUT2D eigenvalue weighted by Crippen LogP contribution is -2.29. The zero-order chi connectivity index (χ0) is 13.9. The van der Waals surface area contributed by atoms with Crippen molar-refractivity contribution in [3.63, 3.8) is 0 Å². The molecule has 1 N–H and O–H groups in total. The maximum absolute atomic E-state index is 13.4. The van der Waals surface area contributed by atoms with Crippen molar-refractivity contribution >= 4 is 0 Å². The third kappa shape index (κ3) is 3.21. The van der Waals surface area contributed by atoms with E-state index in [0.29, 0.717) is 6.42 Å². The molecule has 19 heavy (non-hydrogen) atoms. The van der Waals surface area contributed by atoms with Gasteiger partial charge in [-0.25, -0.2) is 4.39 Å². The minimum Gasteiger partial charge on any atom is -0.395 e. The molecule has 0 aromatic heterocycles. The van der Waals surface area contributed by atoms with Gasteiger partial charge >= 0.3 is 0 Å².